The Bertz CT molecular complexity index is 840. The van der Waals surface area contributed by atoms with Gasteiger partial charge in [0.25, 0.3) is 0 Å². The molecule has 3 aromatic rings. The summed E-state index contributed by atoms with van der Waals surface area (Å²) < 4.78 is 13.7. The van der Waals surface area contributed by atoms with Crippen molar-refractivity contribution in [2.24, 2.45) is 0 Å². The smallest absolute Gasteiger partial charge is 0.137 e. The van der Waals surface area contributed by atoms with Crippen LogP contribution >= 0.6 is 15.9 Å². The molecule has 21 heavy (non-hydrogen) atoms. The topological polar surface area (TPSA) is 12.9 Å². The van der Waals surface area contributed by atoms with Crippen LogP contribution in [0, 0.1) is 12.7 Å². The Morgan fingerprint density at radius 1 is 1.00 bits per heavy atom. The summed E-state index contributed by atoms with van der Waals surface area (Å²) in [6, 6.07) is 15.2. The fourth-order valence-electron chi connectivity index (χ4n) is 2.15. The molecule has 3 heteroatoms. The SMILES string of the molecule is Cc1ccc2nc(/C=C/c3ccc(F)c(Br)c3)ccc2c1. The molecule has 0 spiro atoms. The van der Waals surface area contributed by atoms with Gasteiger partial charge in [0.1, 0.15) is 5.82 Å². The minimum Gasteiger partial charge on any atom is -0.248 e. The molecule has 1 heterocycles. The van der Waals surface area contributed by atoms with E-state index in [2.05, 4.69) is 46.0 Å². The summed E-state index contributed by atoms with van der Waals surface area (Å²) in [6.45, 7) is 2.07. The first kappa shape index (κ1) is 14.0. The molecule has 1 aromatic heterocycles. The number of rotatable bonds is 2. The summed E-state index contributed by atoms with van der Waals surface area (Å²) in [4.78, 5) is 4.60. The maximum absolute atomic E-state index is 13.2. The van der Waals surface area contributed by atoms with Crippen molar-refractivity contribution in [3.63, 3.8) is 0 Å². The first-order chi connectivity index (χ1) is 10.1. The highest BCUT2D eigenvalue weighted by Crippen LogP contribution is 2.19. The Kier molecular flexibility index (Phi) is 3.84. The number of halogens is 2. The second kappa shape index (κ2) is 5.78. The third kappa shape index (κ3) is 3.19. The number of hydrogen-bond acceptors (Lipinski definition) is 1. The van der Waals surface area contributed by atoms with Crippen LogP contribution < -0.4 is 0 Å². The first-order valence-corrected chi connectivity index (χ1v) is 7.42. The Hall–Kier alpha value is -2.00. The molecule has 0 unspecified atom stereocenters. The van der Waals surface area contributed by atoms with E-state index in [0.717, 1.165) is 22.2 Å². The fourth-order valence-corrected chi connectivity index (χ4v) is 2.55. The van der Waals surface area contributed by atoms with Gasteiger partial charge in [-0.2, -0.15) is 0 Å². The molecule has 0 aliphatic heterocycles. The predicted molar refractivity (Wildman–Crippen MR) is 89.5 cm³/mol. The van der Waals surface area contributed by atoms with Crippen LogP contribution in [0.3, 0.4) is 0 Å². The molecule has 0 amide bonds. The summed E-state index contributed by atoms with van der Waals surface area (Å²) in [5.41, 5.74) is 4.01. The summed E-state index contributed by atoms with van der Waals surface area (Å²) in [7, 11) is 0. The molecule has 1 nitrogen and oxygen atoms in total. The molecule has 0 saturated carbocycles. The van der Waals surface area contributed by atoms with E-state index in [4.69, 9.17) is 0 Å². The van der Waals surface area contributed by atoms with Crippen LogP contribution in [0.4, 0.5) is 4.39 Å². The molecular formula is C18H13BrFN. The minimum atomic E-state index is -0.258. The quantitative estimate of drug-likeness (QED) is 0.589. The van der Waals surface area contributed by atoms with Gasteiger partial charge >= 0.3 is 0 Å². The summed E-state index contributed by atoms with van der Waals surface area (Å²) >= 11 is 3.19. The number of aromatic nitrogens is 1. The molecule has 0 saturated heterocycles. The van der Waals surface area contributed by atoms with E-state index in [0.29, 0.717) is 4.47 Å². The molecule has 0 aliphatic carbocycles. The second-order valence-electron chi connectivity index (χ2n) is 4.94. The minimum absolute atomic E-state index is 0.258. The van der Waals surface area contributed by atoms with E-state index >= 15 is 0 Å². The lowest BCUT2D eigenvalue weighted by Crippen LogP contribution is -1.84. The van der Waals surface area contributed by atoms with E-state index in [9.17, 15) is 4.39 Å². The number of fused-ring (bicyclic) bond motifs is 1. The predicted octanol–water partition coefficient (Wildman–Crippen LogP) is 5.62. The highest BCUT2D eigenvalue weighted by molar-refractivity contribution is 9.10. The zero-order chi connectivity index (χ0) is 14.8. The van der Waals surface area contributed by atoms with E-state index in [1.165, 1.54) is 11.6 Å². The number of aryl methyl sites for hydroxylation is 1. The van der Waals surface area contributed by atoms with Gasteiger partial charge in [-0.3, -0.25) is 0 Å². The average Bonchev–Trinajstić information content (AvgIpc) is 2.48. The zero-order valence-corrected chi connectivity index (χ0v) is 13.1. The number of pyridine rings is 1. The van der Waals surface area contributed by atoms with Crippen molar-refractivity contribution in [3.05, 3.63) is 75.6 Å². The molecule has 104 valence electrons. The van der Waals surface area contributed by atoms with Crippen LogP contribution in [0.2, 0.25) is 0 Å². The highest BCUT2D eigenvalue weighted by atomic mass is 79.9. The van der Waals surface area contributed by atoms with Gasteiger partial charge < -0.3 is 0 Å². The van der Waals surface area contributed by atoms with E-state index in [-0.39, 0.29) is 5.82 Å². The van der Waals surface area contributed by atoms with Crippen molar-refractivity contribution in [2.75, 3.05) is 0 Å². The van der Waals surface area contributed by atoms with Gasteiger partial charge in [0.2, 0.25) is 0 Å². The standard InChI is InChI=1S/C18H13BrFN/c1-12-2-9-18-14(10-12)5-7-15(21-18)6-3-13-4-8-17(20)16(19)11-13/h2-11H,1H3/b6-3+. The number of hydrogen-bond donors (Lipinski definition) is 0. The van der Waals surface area contributed by atoms with Gasteiger partial charge in [0.15, 0.2) is 0 Å². The Morgan fingerprint density at radius 2 is 1.86 bits per heavy atom. The average molecular weight is 342 g/mol. The molecule has 0 N–H and O–H groups in total. The largest absolute Gasteiger partial charge is 0.248 e. The molecule has 0 fully saturated rings. The van der Waals surface area contributed by atoms with E-state index in [1.807, 2.05) is 24.3 Å². The maximum atomic E-state index is 13.2. The molecule has 0 aliphatic rings. The Balaban J connectivity index is 1.91. The van der Waals surface area contributed by atoms with E-state index in [1.54, 1.807) is 12.1 Å². The van der Waals surface area contributed by atoms with Crippen molar-refractivity contribution < 1.29 is 4.39 Å². The van der Waals surface area contributed by atoms with Crippen LogP contribution in [0.5, 0.6) is 0 Å². The Labute approximate surface area is 131 Å². The van der Waals surface area contributed by atoms with Gasteiger partial charge in [-0.15, -0.1) is 0 Å². The van der Waals surface area contributed by atoms with Crippen molar-refractivity contribution >= 4 is 39.0 Å². The highest BCUT2D eigenvalue weighted by Gasteiger charge is 1.99. The first-order valence-electron chi connectivity index (χ1n) is 6.62. The lowest BCUT2D eigenvalue weighted by Gasteiger charge is -2.01. The zero-order valence-electron chi connectivity index (χ0n) is 11.5. The van der Waals surface area contributed by atoms with Crippen LogP contribution in [0.25, 0.3) is 23.1 Å². The van der Waals surface area contributed by atoms with E-state index < -0.39 is 0 Å². The number of nitrogens with zero attached hydrogens (tertiary/aromatic N) is 1. The summed E-state index contributed by atoms with van der Waals surface area (Å²) in [5, 5.41) is 1.14. The maximum Gasteiger partial charge on any atom is 0.137 e. The molecule has 2 aromatic carbocycles. The van der Waals surface area contributed by atoms with Gasteiger partial charge in [0, 0.05) is 5.39 Å². The third-order valence-corrected chi connectivity index (χ3v) is 3.86. The lowest BCUT2D eigenvalue weighted by atomic mass is 10.1. The second-order valence-corrected chi connectivity index (χ2v) is 5.79. The van der Waals surface area contributed by atoms with Gasteiger partial charge in [0.05, 0.1) is 15.7 Å². The van der Waals surface area contributed by atoms with Crippen molar-refractivity contribution in [3.8, 4) is 0 Å². The summed E-state index contributed by atoms with van der Waals surface area (Å²) in [5.74, 6) is -0.258. The van der Waals surface area contributed by atoms with Gasteiger partial charge in [-0.1, -0.05) is 29.8 Å². The number of benzene rings is 2. The molecular weight excluding hydrogens is 329 g/mol. The van der Waals surface area contributed by atoms with Gasteiger partial charge in [-0.05, 0) is 64.8 Å². The van der Waals surface area contributed by atoms with Crippen LogP contribution in [0.15, 0.2) is 53.0 Å². The summed E-state index contributed by atoms with van der Waals surface area (Å²) in [6.07, 6.45) is 3.85. The molecule has 0 radical (unpaired) electrons. The van der Waals surface area contributed by atoms with Crippen molar-refractivity contribution in [1.29, 1.82) is 0 Å². The normalized spacial score (nSPS) is 11.4. The molecule has 0 bridgehead atoms. The van der Waals surface area contributed by atoms with Crippen LogP contribution in [-0.2, 0) is 0 Å². The van der Waals surface area contributed by atoms with Crippen LogP contribution in [-0.4, -0.2) is 4.98 Å². The Morgan fingerprint density at radius 3 is 2.67 bits per heavy atom. The monoisotopic (exact) mass is 341 g/mol. The van der Waals surface area contributed by atoms with Gasteiger partial charge in [-0.25, -0.2) is 9.37 Å². The molecule has 0 atom stereocenters. The van der Waals surface area contributed by atoms with Crippen molar-refractivity contribution in [2.45, 2.75) is 6.92 Å². The lowest BCUT2D eigenvalue weighted by molar-refractivity contribution is 0.621. The fraction of sp³-hybridized carbons (Fsp3) is 0.0556. The molecule has 3 rings (SSSR count). The van der Waals surface area contributed by atoms with Crippen molar-refractivity contribution in [1.82, 2.24) is 4.98 Å². The van der Waals surface area contributed by atoms with Crippen LogP contribution in [0.1, 0.15) is 16.8 Å². The third-order valence-electron chi connectivity index (χ3n) is 3.26.